The molecule has 126 valence electrons. The maximum absolute atomic E-state index is 13.2. The van der Waals surface area contributed by atoms with Crippen molar-refractivity contribution in [3.05, 3.63) is 21.4 Å². The molecule has 2 fully saturated rings. The molecule has 0 unspecified atom stereocenters. The number of hydrogen-bond donors (Lipinski definition) is 1. The van der Waals surface area contributed by atoms with Crippen LogP contribution in [0.4, 0.5) is 0 Å². The molecule has 0 radical (unpaired) electrons. The minimum absolute atomic E-state index is 0.0186. The highest BCUT2D eigenvalue weighted by Crippen LogP contribution is 2.43. The minimum atomic E-state index is -0.311. The number of hydrogen-bond acceptors (Lipinski definition) is 4. The Bertz CT molecular complexity index is 613. The van der Waals surface area contributed by atoms with E-state index in [1.807, 2.05) is 4.90 Å². The summed E-state index contributed by atoms with van der Waals surface area (Å²) in [4.78, 5) is 16.1. The van der Waals surface area contributed by atoms with E-state index in [2.05, 4.69) is 5.38 Å². The van der Waals surface area contributed by atoms with Gasteiger partial charge in [0, 0.05) is 13.7 Å². The highest BCUT2D eigenvalue weighted by molar-refractivity contribution is 7.12. The summed E-state index contributed by atoms with van der Waals surface area (Å²) in [7, 11) is 1.76. The number of aryl methyl sites for hydroxylation is 1. The summed E-state index contributed by atoms with van der Waals surface area (Å²) in [6.07, 6.45) is 7.43. The third-order valence-corrected chi connectivity index (χ3v) is 7.18. The van der Waals surface area contributed by atoms with E-state index >= 15 is 0 Å². The SMILES string of the molecule is CO[C@]12CC[C@H](O)C[C@H]1N(C(=O)c1scc3c1CCCC3)CC2. The predicted molar refractivity (Wildman–Crippen MR) is 90.0 cm³/mol. The fraction of sp³-hybridized carbons (Fsp3) is 0.722. The second kappa shape index (κ2) is 5.87. The van der Waals surface area contributed by atoms with Gasteiger partial charge in [-0.3, -0.25) is 4.79 Å². The van der Waals surface area contributed by atoms with Gasteiger partial charge in [-0.05, 0) is 67.9 Å². The fourth-order valence-electron chi connectivity index (χ4n) is 4.75. The standard InChI is InChI=1S/C18H25NO3S/c1-22-18-7-6-13(20)10-15(18)19(9-8-18)17(21)16-14-5-3-2-4-12(14)11-23-16/h11,13,15,20H,2-10H2,1H3/t13-,15+,18-/m0/s1. The average Bonchev–Trinajstić information content (AvgIpc) is 3.16. The number of likely N-dealkylation sites (tertiary alicyclic amines) is 1. The number of fused-ring (bicyclic) bond motifs is 2. The van der Waals surface area contributed by atoms with E-state index in [0.29, 0.717) is 6.42 Å². The van der Waals surface area contributed by atoms with Crippen molar-refractivity contribution in [1.29, 1.82) is 0 Å². The Hall–Kier alpha value is -0.910. The topological polar surface area (TPSA) is 49.8 Å². The quantitative estimate of drug-likeness (QED) is 0.904. The van der Waals surface area contributed by atoms with Crippen LogP contribution in [0.5, 0.6) is 0 Å². The Kier molecular flexibility index (Phi) is 3.98. The van der Waals surface area contributed by atoms with Gasteiger partial charge in [0.15, 0.2) is 0 Å². The zero-order valence-electron chi connectivity index (χ0n) is 13.7. The third-order valence-electron chi connectivity index (χ3n) is 6.12. The molecule has 1 amide bonds. The van der Waals surface area contributed by atoms with Crippen LogP contribution in [0, 0.1) is 0 Å². The van der Waals surface area contributed by atoms with Crippen molar-refractivity contribution in [3.8, 4) is 0 Å². The van der Waals surface area contributed by atoms with Crippen LogP contribution in [0.15, 0.2) is 5.38 Å². The summed E-state index contributed by atoms with van der Waals surface area (Å²) >= 11 is 1.61. The second-order valence-corrected chi connectivity index (χ2v) is 8.12. The molecule has 1 aliphatic heterocycles. The Morgan fingerprint density at radius 2 is 2.22 bits per heavy atom. The lowest BCUT2D eigenvalue weighted by Gasteiger charge is -2.42. The van der Waals surface area contributed by atoms with Crippen molar-refractivity contribution in [2.45, 2.75) is 69.1 Å². The largest absolute Gasteiger partial charge is 0.393 e. The van der Waals surface area contributed by atoms with Crippen LogP contribution in [-0.2, 0) is 17.6 Å². The van der Waals surface area contributed by atoms with E-state index in [-0.39, 0.29) is 23.7 Å². The van der Waals surface area contributed by atoms with Crippen molar-refractivity contribution >= 4 is 17.2 Å². The van der Waals surface area contributed by atoms with Crippen LogP contribution < -0.4 is 0 Å². The lowest BCUT2D eigenvalue weighted by molar-refractivity contribution is -0.0824. The van der Waals surface area contributed by atoms with E-state index in [9.17, 15) is 9.90 Å². The van der Waals surface area contributed by atoms with Crippen molar-refractivity contribution in [2.75, 3.05) is 13.7 Å². The molecule has 4 rings (SSSR count). The van der Waals surface area contributed by atoms with Gasteiger partial charge in [-0.2, -0.15) is 0 Å². The van der Waals surface area contributed by atoms with Crippen LogP contribution in [0.1, 0.15) is 59.3 Å². The Morgan fingerprint density at radius 1 is 1.39 bits per heavy atom. The summed E-state index contributed by atoms with van der Waals surface area (Å²) in [5.41, 5.74) is 2.43. The molecule has 1 N–H and O–H groups in total. The number of ether oxygens (including phenoxy) is 1. The molecule has 4 nitrogen and oxygen atoms in total. The maximum Gasteiger partial charge on any atom is 0.264 e. The molecule has 3 atom stereocenters. The first-order valence-electron chi connectivity index (χ1n) is 8.78. The van der Waals surface area contributed by atoms with Gasteiger partial charge >= 0.3 is 0 Å². The molecule has 2 heterocycles. The highest BCUT2D eigenvalue weighted by Gasteiger charge is 2.52. The van der Waals surface area contributed by atoms with E-state index < -0.39 is 0 Å². The lowest BCUT2D eigenvalue weighted by atomic mass is 9.79. The molecule has 0 aromatic carbocycles. The molecule has 1 saturated carbocycles. The molecule has 1 saturated heterocycles. The summed E-state index contributed by atoms with van der Waals surface area (Å²) in [5.74, 6) is 0.163. The van der Waals surface area contributed by atoms with Gasteiger partial charge in [-0.25, -0.2) is 0 Å². The molecule has 23 heavy (non-hydrogen) atoms. The van der Waals surface area contributed by atoms with Gasteiger partial charge < -0.3 is 14.7 Å². The molecular formula is C18H25NO3S. The van der Waals surface area contributed by atoms with Crippen molar-refractivity contribution in [1.82, 2.24) is 4.90 Å². The number of aliphatic hydroxyl groups excluding tert-OH is 1. The normalized spacial score (nSPS) is 33.4. The maximum atomic E-state index is 13.2. The number of rotatable bonds is 2. The first-order valence-corrected chi connectivity index (χ1v) is 9.66. The molecule has 5 heteroatoms. The van der Waals surface area contributed by atoms with Crippen molar-refractivity contribution in [2.24, 2.45) is 0 Å². The zero-order chi connectivity index (χ0) is 16.0. The molecule has 1 aromatic rings. The monoisotopic (exact) mass is 335 g/mol. The molecule has 0 spiro atoms. The number of thiophene rings is 1. The molecule has 1 aromatic heterocycles. The minimum Gasteiger partial charge on any atom is -0.393 e. The Balaban J connectivity index is 1.62. The fourth-order valence-corrected chi connectivity index (χ4v) is 5.86. The van der Waals surface area contributed by atoms with E-state index in [1.165, 1.54) is 24.0 Å². The van der Waals surface area contributed by atoms with Gasteiger partial charge in [0.1, 0.15) is 0 Å². The average molecular weight is 335 g/mol. The number of amides is 1. The van der Waals surface area contributed by atoms with Gasteiger partial charge in [-0.15, -0.1) is 11.3 Å². The van der Waals surface area contributed by atoms with E-state index in [0.717, 1.165) is 43.5 Å². The zero-order valence-corrected chi connectivity index (χ0v) is 14.5. The first kappa shape index (κ1) is 15.6. The van der Waals surface area contributed by atoms with Crippen LogP contribution in [0.2, 0.25) is 0 Å². The van der Waals surface area contributed by atoms with Crippen LogP contribution in [0.3, 0.4) is 0 Å². The summed E-state index contributed by atoms with van der Waals surface area (Å²) < 4.78 is 5.86. The number of nitrogens with zero attached hydrogens (tertiary/aromatic N) is 1. The number of carbonyl (C=O) groups excluding carboxylic acids is 1. The summed E-state index contributed by atoms with van der Waals surface area (Å²) in [5, 5.41) is 12.3. The van der Waals surface area contributed by atoms with E-state index in [1.54, 1.807) is 18.4 Å². The first-order chi connectivity index (χ1) is 11.1. The smallest absolute Gasteiger partial charge is 0.264 e. The van der Waals surface area contributed by atoms with Crippen LogP contribution >= 0.6 is 11.3 Å². The highest BCUT2D eigenvalue weighted by atomic mass is 32.1. The molecular weight excluding hydrogens is 310 g/mol. The predicted octanol–water partition coefficient (Wildman–Crippen LogP) is 2.77. The number of aliphatic hydroxyl groups is 1. The second-order valence-electron chi connectivity index (χ2n) is 7.24. The van der Waals surface area contributed by atoms with Crippen LogP contribution in [-0.4, -0.2) is 47.3 Å². The van der Waals surface area contributed by atoms with Crippen molar-refractivity contribution < 1.29 is 14.6 Å². The summed E-state index contributed by atoms with van der Waals surface area (Å²) in [6, 6.07) is 0.0186. The van der Waals surface area contributed by atoms with Crippen LogP contribution in [0.25, 0.3) is 0 Å². The molecule has 3 aliphatic rings. The molecule has 2 aliphatic carbocycles. The van der Waals surface area contributed by atoms with E-state index in [4.69, 9.17) is 4.74 Å². The molecule has 0 bridgehead atoms. The number of methoxy groups -OCH3 is 1. The van der Waals surface area contributed by atoms with Gasteiger partial charge in [0.05, 0.1) is 22.6 Å². The number of carbonyl (C=O) groups is 1. The Morgan fingerprint density at radius 3 is 3.04 bits per heavy atom. The van der Waals surface area contributed by atoms with Gasteiger partial charge in [-0.1, -0.05) is 0 Å². The third kappa shape index (κ3) is 2.44. The summed E-state index contributed by atoms with van der Waals surface area (Å²) in [6.45, 7) is 0.747. The Labute approximate surface area is 141 Å². The van der Waals surface area contributed by atoms with Gasteiger partial charge in [0.2, 0.25) is 0 Å². The lowest BCUT2D eigenvalue weighted by Crippen LogP contribution is -2.52. The van der Waals surface area contributed by atoms with Crippen molar-refractivity contribution in [3.63, 3.8) is 0 Å². The van der Waals surface area contributed by atoms with Gasteiger partial charge in [0.25, 0.3) is 5.91 Å².